The monoisotopic (exact) mass is 214 g/mol. The van der Waals surface area contributed by atoms with Gasteiger partial charge in [0.25, 0.3) is 0 Å². The predicted octanol–water partition coefficient (Wildman–Crippen LogP) is 3.96. The third-order valence-electron chi connectivity index (χ3n) is 1.40. The van der Waals surface area contributed by atoms with Crippen LogP contribution in [0.2, 0.25) is 0 Å². The molecule has 0 saturated carbocycles. The van der Waals surface area contributed by atoms with Gasteiger partial charge >= 0.3 is 5.97 Å². The highest BCUT2D eigenvalue weighted by atomic mass is 16.5. The SMILES string of the molecule is C=C(CCCC)C(=O)OCC.CC(C)C. The normalized spacial score (nSPS) is 9.20. The molecule has 0 aliphatic rings. The molecule has 0 aromatic carbocycles. The van der Waals surface area contributed by atoms with E-state index >= 15 is 0 Å². The molecule has 0 aromatic rings. The van der Waals surface area contributed by atoms with Gasteiger partial charge in [0.1, 0.15) is 0 Å². The lowest BCUT2D eigenvalue weighted by Gasteiger charge is -2.02. The predicted molar refractivity (Wildman–Crippen MR) is 65.8 cm³/mol. The number of hydrogen-bond acceptors (Lipinski definition) is 2. The summed E-state index contributed by atoms with van der Waals surface area (Å²) in [5.74, 6) is 0.584. The van der Waals surface area contributed by atoms with Gasteiger partial charge in [-0.15, -0.1) is 0 Å². The maximum atomic E-state index is 10.9. The van der Waals surface area contributed by atoms with Gasteiger partial charge in [-0.1, -0.05) is 40.7 Å². The molecule has 0 aromatic heterocycles. The van der Waals surface area contributed by atoms with E-state index in [-0.39, 0.29) is 5.97 Å². The largest absolute Gasteiger partial charge is 0.463 e. The van der Waals surface area contributed by atoms with Crippen LogP contribution in [-0.4, -0.2) is 12.6 Å². The molecule has 0 spiro atoms. The third-order valence-corrected chi connectivity index (χ3v) is 1.40. The molecule has 90 valence electrons. The number of ether oxygens (including phenoxy) is 1. The van der Waals surface area contributed by atoms with Gasteiger partial charge in [-0.25, -0.2) is 4.79 Å². The fourth-order valence-corrected chi connectivity index (χ4v) is 0.725. The van der Waals surface area contributed by atoms with Crippen molar-refractivity contribution in [1.82, 2.24) is 0 Å². The molecule has 0 aliphatic heterocycles. The van der Waals surface area contributed by atoms with Gasteiger partial charge in [-0.2, -0.15) is 0 Å². The second-order valence-corrected chi connectivity index (χ2v) is 4.16. The van der Waals surface area contributed by atoms with Crippen molar-refractivity contribution in [1.29, 1.82) is 0 Å². The summed E-state index contributed by atoms with van der Waals surface area (Å²) in [5, 5.41) is 0. The highest BCUT2D eigenvalue weighted by molar-refractivity contribution is 5.87. The van der Waals surface area contributed by atoms with E-state index in [1.807, 2.05) is 0 Å². The Kier molecular flexibility index (Phi) is 12.5. The summed E-state index contributed by atoms with van der Waals surface area (Å²) in [6.07, 6.45) is 2.85. The van der Waals surface area contributed by atoms with E-state index in [1.54, 1.807) is 6.92 Å². The van der Waals surface area contributed by atoms with E-state index in [9.17, 15) is 4.79 Å². The first-order chi connectivity index (χ1) is 6.95. The van der Waals surface area contributed by atoms with Crippen molar-refractivity contribution < 1.29 is 9.53 Å². The van der Waals surface area contributed by atoms with E-state index < -0.39 is 0 Å². The average molecular weight is 214 g/mol. The van der Waals surface area contributed by atoms with Gasteiger partial charge in [0.2, 0.25) is 0 Å². The zero-order valence-corrected chi connectivity index (χ0v) is 10.9. The minimum absolute atomic E-state index is 0.249. The van der Waals surface area contributed by atoms with Crippen LogP contribution in [0.4, 0.5) is 0 Å². The molecule has 0 saturated heterocycles. The summed E-state index contributed by atoms with van der Waals surface area (Å²) in [7, 11) is 0. The standard InChI is InChI=1S/C9H16O2.C4H10/c1-4-6-7-8(3)9(10)11-5-2;1-4(2)3/h3-7H2,1-2H3;4H,1-3H3. The summed E-state index contributed by atoms with van der Waals surface area (Å²) in [6, 6.07) is 0. The lowest BCUT2D eigenvalue weighted by molar-refractivity contribution is -0.138. The fraction of sp³-hybridized carbons (Fsp3) is 0.769. The second-order valence-electron chi connectivity index (χ2n) is 4.16. The highest BCUT2D eigenvalue weighted by Gasteiger charge is 2.05. The van der Waals surface area contributed by atoms with Crippen molar-refractivity contribution in [3.05, 3.63) is 12.2 Å². The number of rotatable bonds is 5. The smallest absolute Gasteiger partial charge is 0.333 e. The molecule has 0 unspecified atom stereocenters. The summed E-state index contributed by atoms with van der Waals surface area (Å²) in [4.78, 5) is 10.9. The maximum Gasteiger partial charge on any atom is 0.333 e. The van der Waals surface area contributed by atoms with Crippen LogP contribution in [0.1, 0.15) is 53.9 Å². The van der Waals surface area contributed by atoms with Crippen LogP contribution in [0.25, 0.3) is 0 Å². The van der Waals surface area contributed by atoms with Gasteiger partial charge < -0.3 is 4.74 Å². The molecular weight excluding hydrogens is 188 g/mol. The van der Waals surface area contributed by atoms with Gasteiger partial charge in [-0.05, 0) is 25.7 Å². The van der Waals surface area contributed by atoms with Crippen molar-refractivity contribution >= 4 is 5.97 Å². The van der Waals surface area contributed by atoms with Crippen molar-refractivity contribution in [3.8, 4) is 0 Å². The first-order valence-corrected chi connectivity index (χ1v) is 5.80. The molecule has 0 fully saturated rings. The van der Waals surface area contributed by atoms with E-state index in [2.05, 4.69) is 34.3 Å². The molecule has 2 heteroatoms. The fourth-order valence-electron chi connectivity index (χ4n) is 0.725. The van der Waals surface area contributed by atoms with E-state index in [1.165, 1.54) is 0 Å². The summed E-state index contributed by atoms with van der Waals surface area (Å²) in [5.41, 5.74) is 0.591. The Labute approximate surface area is 94.7 Å². The van der Waals surface area contributed by atoms with Crippen LogP contribution in [0, 0.1) is 5.92 Å². The molecule has 2 nitrogen and oxygen atoms in total. The van der Waals surface area contributed by atoms with Gasteiger partial charge in [0.05, 0.1) is 6.61 Å². The van der Waals surface area contributed by atoms with Crippen LogP contribution in [0.5, 0.6) is 0 Å². The summed E-state index contributed by atoms with van der Waals surface area (Å²) >= 11 is 0. The Morgan fingerprint density at radius 3 is 2.07 bits per heavy atom. The van der Waals surface area contributed by atoms with Crippen molar-refractivity contribution in [2.24, 2.45) is 5.92 Å². The molecule has 0 aliphatic carbocycles. The second kappa shape index (κ2) is 11.3. The Bertz CT molecular complexity index is 169. The van der Waals surface area contributed by atoms with Gasteiger partial charge in [0.15, 0.2) is 0 Å². The Morgan fingerprint density at radius 2 is 1.73 bits per heavy atom. The van der Waals surface area contributed by atoms with Gasteiger partial charge in [-0.3, -0.25) is 0 Å². The van der Waals surface area contributed by atoms with Crippen LogP contribution in [0.3, 0.4) is 0 Å². The Hall–Kier alpha value is -0.790. The molecular formula is C13H26O2. The highest BCUT2D eigenvalue weighted by Crippen LogP contribution is 2.06. The molecule has 0 N–H and O–H groups in total. The zero-order chi connectivity index (χ0) is 12.3. The minimum atomic E-state index is -0.249. The first kappa shape index (κ1) is 16.6. The average Bonchev–Trinajstić information content (AvgIpc) is 2.13. The van der Waals surface area contributed by atoms with Crippen LogP contribution in [-0.2, 0) is 9.53 Å². The molecule has 0 rings (SSSR count). The molecule has 0 heterocycles. The molecule has 15 heavy (non-hydrogen) atoms. The summed E-state index contributed by atoms with van der Waals surface area (Å²) in [6.45, 7) is 14.4. The number of carbonyl (C=O) groups is 1. The number of hydrogen-bond donors (Lipinski definition) is 0. The van der Waals surface area contributed by atoms with Crippen LogP contribution >= 0.6 is 0 Å². The van der Waals surface area contributed by atoms with E-state index in [0.29, 0.717) is 12.2 Å². The summed E-state index contributed by atoms with van der Waals surface area (Å²) < 4.78 is 4.76. The van der Waals surface area contributed by atoms with Crippen molar-refractivity contribution in [2.75, 3.05) is 6.61 Å². The van der Waals surface area contributed by atoms with Crippen LogP contribution < -0.4 is 0 Å². The number of carbonyl (C=O) groups excluding carboxylic acids is 1. The van der Waals surface area contributed by atoms with Crippen molar-refractivity contribution in [3.63, 3.8) is 0 Å². The topological polar surface area (TPSA) is 26.3 Å². The van der Waals surface area contributed by atoms with Crippen LogP contribution in [0.15, 0.2) is 12.2 Å². The molecule has 0 amide bonds. The van der Waals surface area contributed by atoms with Gasteiger partial charge in [0, 0.05) is 5.57 Å². The minimum Gasteiger partial charge on any atom is -0.463 e. The molecule has 0 bridgehead atoms. The molecule has 0 radical (unpaired) electrons. The number of unbranched alkanes of at least 4 members (excludes halogenated alkanes) is 1. The maximum absolute atomic E-state index is 10.9. The molecule has 0 atom stereocenters. The Balaban J connectivity index is 0. The van der Waals surface area contributed by atoms with E-state index in [0.717, 1.165) is 25.2 Å². The van der Waals surface area contributed by atoms with E-state index in [4.69, 9.17) is 4.74 Å². The Morgan fingerprint density at radius 1 is 1.27 bits per heavy atom. The number of esters is 1. The first-order valence-electron chi connectivity index (χ1n) is 5.80. The quantitative estimate of drug-likeness (QED) is 0.511. The zero-order valence-electron chi connectivity index (χ0n) is 10.9. The van der Waals surface area contributed by atoms with Crippen molar-refractivity contribution in [2.45, 2.75) is 53.9 Å². The lowest BCUT2D eigenvalue weighted by Crippen LogP contribution is -2.06. The third kappa shape index (κ3) is 15.9. The lowest BCUT2D eigenvalue weighted by atomic mass is 10.1.